The van der Waals surface area contributed by atoms with E-state index in [-0.39, 0.29) is 12.5 Å². The molecule has 0 radical (unpaired) electrons. The minimum absolute atomic E-state index is 0.0206. The van der Waals surface area contributed by atoms with Gasteiger partial charge in [-0.15, -0.1) is 10.2 Å². The number of rotatable bonds is 5. The van der Waals surface area contributed by atoms with E-state index in [0.29, 0.717) is 22.5 Å². The van der Waals surface area contributed by atoms with E-state index in [2.05, 4.69) is 15.5 Å². The summed E-state index contributed by atoms with van der Waals surface area (Å²) in [7, 11) is 0. The molecule has 0 unspecified atom stereocenters. The number of hydrogen-bond acceptors (Lipinski definition) is 4. The molecule has 1 fully saturated rings. The van der Waals surface area contributed by atoms with Gasteiger partial charge in [0.25, 0.3) is 5.91 Å². The molecule has 0 spiro atoms. The molecular weight excluding hydrogens is 280 g/mol. The zero-order chi connectivity index (χ0) is 13.9. The molecule has 1 aromatic carbocycles. The monoisotopic (exact) mass is 292 g/mol. The third-order valence-electron chi connectivity index (χ3n) is 2.92. The topological polar surface area (TPSA) is 69.0 Å². The maximum Gasteiger partial charge on any atom is 0.258 e. The van der Waals surface area contributed by atoms with Crippen molar-refractivity contribution in [3.63, 3.8) is 0 Å². The van der Waals surface area contributed by atoms with Gasteiger partial charge < -0.3 is 10.1 Å². The zero-order valence-electron chi connectivity index (χ0n) is 10.6. The molecule has 0 saturated heterocycles. The van der Waals surface area contributed by atoms with Crippen molar-refractivity contribution in [3.05, 3.63) is 35.9 Å². The number of nitrogens with one attached hydrogen (secondary N) is 1. The lowest BCUT2D eigenvalue weighted by atomic mass is 10.3. The average molecular weight is 293 g/mol. The van der Waals surface area contributed by atoms with E-state index in [1.807, 2.05) is 0 Å². The standard InChI is InChI=1S/C13H13ClN4O2/c14-9-1-4-12(11(5-9)18-7-15-16-8-18)20-6-13(19)17-10-2-3-10/h1,4-5,7-8,10H,2-3,6H2,(H,17,19). The molecule has 1 aliphatic rings. The Hall–Kier alpha value is -2.08. The fraction of sp³-hybridized carbons (Fsp3) is 0.308. The maximum atomic E-state index is 11.6. The van der Waals surface area contributed by atoms with Crippen LogP contribution in [0.2, 0.25) is 5.02 Å². The number of carbonyl (C=O) groups is 1. The number of hydrogen-bond donors (Lipinski definition) is 1. The Bertz CT molecular complexity index is 611. The number of aromatic nitrogens is 3. The van der Waals surface area contributed by atoms with Crippen molar-refractivity contribution in [1.82, 2.24) is 20.1 Å². The van der Waals surface area contributed by atoms with E-state index in [1.165, 1.54) is 0 Å². The van der Waals surface area contributed by atoms with Crippen molar-refractivity contribution in [2.24, 2.45) is 0 Å². The molecule has 1 saturated carbocycles. The molecule has 7 heteroatoms. The van der Waals surface area contributed by atoms with Crippen LogP contribution < -0.4 is 10.1 Å². The Morgan fingerprint density at radius 1 is 1.40 bits per heavy atom. The van der Waals surface area contributed by atoms with Crippen molar-refractivity contribution in [1.29, 1.82) is 0 Å². The van der Waals surface area contributed by atoms with E-state index in [0.717, 1.165) is 12.8 Å². The lowest BCUT2D eigenvalue weighted by Gasteiger charge is -2.12. The van der Waals surface area contributed by atoms with Gasteiger partial charge in [0.05, 0.1) is 5.69 Å². The van der Waals surface area contributed by atoms with Gasteiger partial charge in [-0.25, -0.2) is 0 Å². The fourth-order valence-corrected chi connectivity index (χ4v) is 1.95. The first-order chi connectivity index (χ1) is 9.72. The lowest BCUT2D eigenvalue weighted by Crippen LogP contribution is -2.30. The van der Waals surface area contributed by atoms with Gasteiger partial charge in [0.15, 0.2) is 6.61 Å². The highest BCUT2D eigenvalue weighted by Crippen LogP contribution is 2.26. The van der Waals surface area contributed by atoms with Crippen molar-refractivity contribution in [3.8, 4) is 11.4 Å². The highest BCUT2D eigenvalue weighted by Gasteiger charge is 2.23. The van der Waals surface area contributed by atoms with E-state index in [9.17, 15) is 4.79 Å². The van der Waals surface area contributed by atoms with Gasteiger partial charge in [-0.05, 0) is 31.0 Å². The molecule has 104 valence electrons. The highest BCUT2D eigenvalue weighted by atomic mass is 35.5. The van der Waals surface area contributed by atoms with Gasteiger partial charge in [0.1, 0.15) is 18.4 Å². The van der Waals surface area contributed by atoms with Crippen LogP contribution in [-0.2, 0) is 4.79 Å². The average Bonchev–Trinajstić information content (AvgIpc) is 3.07. The maximum absolute atomic E-state index is 11.6. The third kappa shape index (κ3) is 3.08. The van der Waals surface area contributed by atoms with Gasteiger partial charge in [0, 0.05) is 11.1 Å². The number of benzene rings is 1. The first-order valence-electron chi connectivity index (χ1n) is 6.29. The van der Waals surface area contributed by atoms with Gasteiger partial charge in [-0.1, -0.05) is 11.6 Å². The smallest absolute Gasteiger partial charge is 0.258 e. The molecule has 0 bridgehead atoms. The molecule has 2 aromatic rings. The first kappa shape index (κ1) is 12.9. The molecule has 1 aromatic heterocycles. The van der Waals surface area contributed by atoms with Crippen LogP contribution in [0.1, 0.15) is 12.8 Å². The first-order valence-corrected chi connectivity index (χ1v) is 6.67. The summed E-state index contributed by atoms with van der Waals surface area (Å²) in [5.41, 5.74) is 0.696. The molecular formula is C13H13ClN4O2. The second kappa shape index (κ2) is 5.50. The second-order valence-corrected chi connectivity index (χ2v) is 5.05. The predicted molar refractivity (Wildman–Crippen MR) is 73.0 cm³/mol. The summed E-state index contributed by atoms with van der Waals surface area (Å²) in [4.78, 5) is 11.6. The number of amides is 1. The van der Waals surface area contributed by atoms with Crippen molar-refractivity contribution in [2.75, 3.05) is 6.61 Å². The summed E-state index contributed by atoms with van der Waals surface area (Å²) in [5.74, 6) is 0.442. The number of ether oxygens (including phenoxy) is 1. The predicted octanol–water partition coefficient (Wildman–Crippen LogP) is 1.58. The molecule has 1 aliphatic carbocycles. The van der Waals surface area contributed by atoms with Crippen LogP contribution >= 0.6 is 11.6 Å². The van der Waals surface area contributed by atoms with Crippen LogP contribution in [0.15, 0.2) is 30.9 Å². The number of nitrogens with zero attached hydrogens (tertiary/aromatic N) is 3. The van der Waals surface area contributed by atoms with Crippen molar-refractivity contribution >= 4 is 17.5 Å². The molecule has 3 rings (SSSR count). The molecule has 6 nitrogen and oxygen atoms in total. The Balaban J connectivity index is 1.73. The molecule has 1 N–H and O–H groups in total. The number of carbonyl (C=O) groups excluding carboxylic acids is 1. The molecule has 1 heterocycles. The van der Waals surface area contributed by atoms with Crippen LogP contribution in [0.25, 0.3) is 5.69 Å². The largest absolute Gasteiger partial charge is 0.482 e. The Morgan fingerprint density at radius 2 is 2.15 bits per heavy atom. The van der Waals surface area contributed by atoms with Crippen molar-refractivity contribution < 1.29 is 9.53 Å². The summed E-state index contributed by atoms with van der Waals surface area (Å²) in [5, 5.41) is 10.9. The summed E-state index contributed by atoms with van der Waals surface area (Å²) >= 11 is 5.98. The summed E-state index contributed by atoms with van der Waals surface area (Å²) < 4.78 is 7.24. The molecule has 0 aliphatic heterocycles. The Labute approximate surface area is 120 Å². The van der Waals surface area contributed by atoms with Crippen LogP contribution in [-0.4, -0.2) is 33.3 Å². The number of halogens is 1. The fourth-order valence-electron chi connectivity index (χ4n) is 1.78. The SMILES string of the molecule is O=C(COc1ccc(Cl)cc1-n1cnnc1)NC1CC1. The van der Waals surface area contributed by atoms with E-state index in [1.54, 1.807) is 35.4 Å². The van der Waals surface area contributed by atoms with Gasteiger partial charge in [-0.2, -0.15) is 0 Å². The van der Waals surface area contributed by atoms with Crippen LogP contribution in [0.3, 0.4) is 0 Å². The quantitative estimate of drug-likeness (QED) is 0.908. The normalized spacial score (nSPS) is 14.1. The van der Waals surface area contributed by atoms with E-state index < -0.39 is 0 Å². The van der Waals surface area contributed by atoms with Crippen molar-refractivity contribution in [2.45, 2.75) is 18.9 Å². The van der Waals surface area contributed by atoms with E-state index >= 15 is 0 Å². The van der Waals surface area contributed by atoms with Gasteiger partial charge in [0.2, 0.25) is 0 Å². The summed E-state index contributed by atoms with van der Waals surface area (Å²) in [6.45, 7) is -0.0206. The Kier molecular flexibility index (Phi) is 3.56. The summed E-state index contributed by atoms with van der Waals surface area (Å²) in [6.07, 6.45) is 5.20. The minimum atomic E-state index is -0.114. The van der Waals surface area contributed by atoms with Crippen LogP contribution in [0.4, 0.5) is 0 Å². The molecule has 20 heavy (non-hydrogen) atoms. The molecule has 1 amide bonds. The molecule has 0 atom stereocenters. The highest BCUT2D eigenvalue weighted by molar-refractivity contribution is 6.30. The zero-order valence-corrected chi connectivity index (χ0v) is 11.4. The third-order valence-corrected chi connectivity index (χ3v) is 3.15. The van der Waals surface area contributed by atoms with Gasteiger partial charge in [-0.3, -0.25) is 9.36 Å². The summed E-state index contributed by atoms with van der Waals surface area (Å²) in [6, 6.07) is 5.50. The lowest BCUT2D eigenvalue weighted by molar-refractivity contribution is -0.123. The van der Waals surface area contributed by atoms with E-state index in [4.69, 9.17) is 16.3 Å². The second-order valence-electron chi connectivity index (χ2n) is 4.61. The Morgan fingerprint density at radius 3 is 2.85 bits per heavy atom. The van der Waals surface area contributed by atoms with Crippen LogP contribution in [0.5, 0.6) is 5.75 Å². The minimum Gasteiger partial charge on any atom is -0.482 e. The van der Waals surface area contributed by atoms with Crippen LogP contribution in [0, 0.1) is 0 Å². The van der Waals surface area contributed by atoms with Gasteiger partial charge >= 0.3 is 0 Å².